The van der Waals surface area contributed by atoms with E-state index in [2.05, 4.69) is 10.1 Å². The summed E-state index contributed by atoms with van der Waals surface area (Å²) in [4.78, 5) is 15.1. The Labute approximate surface area is 87.8 Å². The number of carbonyl (C=O) groups is 1. The molecular formula is C9H15N3O3. The molecule has 0 bridgehead atoms. The van der Waals surface area contributed by atoms with Crippen LogP contribution in [-0.2, 0) is 11.2 Å². The lowest BCUT2D eigenvalue weighted by molar-refractivity contribution is 0.0508. The van der Waals surface area contributed by atoms with Gasteiger partial charge in [-0.25, -0.2) is 4.79 Å². The summed E-state index contributed by atoms with van der Waals surface area (Å²) >= 11 is 0. The van der Waals surface area contributed by atoms with Gasteiger partial charge in [0.05, 0.1) is 6.61 Å². The number of hydrogen-bond acceptors (Lipinski definition) is 6. The van der Waals surface area contributed by atoms with Crippen LogP contribution in [-0.4, -0.2) is 29.3 Å². The molecule has 1 atom stereocenters. The molecule has 1 heterocycles. The third-order valence-corrected chi connectivity index (χ3v) is 1.85. The standard InChI is InChI=1S/C9H15N3O3/c1-3-14-9(13)8-11-7(15-12-8)4-6(2)5-10/h6H,3-5,10H2,1-2H3. The van der Waals surface area contributed by atoms with Crippen molar-refractivity contribution in [3.05, 3.63) is 11.7 Å². The largest absolute Gasteiger partial charge is 0.460 e. The van der Waals surface area contributed by atoms with E-state index in [-0.39, 0.29) is 11.7 Å². The summed E-state index contributed by atoms with van der Waals surface area (Å²) in [5, 5.41) is 3.52. The lowest BCUT2D eigenvalue weighted by Gasteiger charge is -2.01. The highest BCUT2D eigenvalue weighted by Gasteiger charge is 2.16. The molecule has 0 aliphatic rings. The maximum Gasteiger partial charge on any atom is 0.379 e. The molecule has 1 aromatic rings. The third-order valence-electron chi connectivity index (χ3n) is 1.85. The predicted molar refractivity (Wildman–Crippen MR) is 52.2 cm³/mol. The van der Waals surface area contributed by atoms with Gasteiger partial charge in [-0.05, 0) is 24.5 Å². The molecule has 84 valence electrons. The first-order valence-corrected chi connectivity index (χ1v) is 4.87. The Morgan fingerprint density at radius 2 is 2.40 bits per heavy atom. The minimum absolute atomic E-state index is 0.0314. The Bertz CT molecular complexity index is 324. The van der Waals surface area contributed by atoms with Crippen LogP contribution in [0.2, 0.25) is 0 Å². The summed E-state index contributed by atoms with van der Waals surface area (Å²) in [5.41, 5.74) is 5.45. The van der Waals surface area contributed by atoms with Crippen molar-refractivity contribution < 1.29 is 14.1 Å². The quantitative estimate of drug-likeness (QED) is 0.711. The van der Waals surface area contributed by atoms with Crippen LogP contribution < -0.4 is 5.73 Å². The van der Waals surface area contributed by atoms with E-state index in [0.717, 1.165) is 0 Å². The first-order valence-electron chi connectivity index (χ1n) is 4.87. The lowest BCUT2D eigenvalue weighted by Crippen LogP contribution is -2.13. The monoisotopic (exact) mass is 213 g/mol. The maximum atomic E-state index is 11.2. The van der Waals surface area contributed by atoms with E-state index >= 15 is 0 Å². The molecule has 0 aliphatic carbocycles. The van der Waals surface area contributed by atoms with Gasteiger partial charge >= 0.3 is 5.97 Å². The van der Waals surface area contributed by atoms with E-state index in [1.807, 2.05) is 6.92 Å². The highest BCUT2D eigenvalue weighted by molar-refractivity contribution is 5.84. The van der Waals surface area contributed by atoms with Crippen LogP contribution in [0, 0.1) is 5.92 Å². The van der Waals surface area contributed by atoms with Gasteiger partial charge in [-0.15, -0.1) is 0 Å². The molecule has 2 N–H and O–H groups in total. The molecule has 1 unspecified atom stereocenters. The van der Waals surface area contributed by atoms with Gasteiger partial charge in [0.1, 0.15) is 0 Å². The van der Waals surface area contributed by atoms with Crippen molar-refractivity contribution in [3.8, 4) is 0 Å². The Kier molecular flexibility index (Phi) is 4.23. The number of nitrogens with zero attached hydrogens (tertiary/aromatic N) is 2. The molecule has 15 heavy (non-hydrogen) atoms. The molecule has 0 spiro atoms. The van der Waals surface area contributed by atoms with Crippen molar-refractivity contribution >= 4 is 5.97 Å². The van der Waals surface area contributed by atoms with E-state index in [1.54, 1.807) is 6.92 Å². The smallest absolute Gasteiger partial charge is 0.379 e. The van der Waals surface area contributed by atoms with Crippen LogP contribution in [0.25, 0.3) is 0 Å². The van der Waals surface area contributed by atoms with Crippen LogP contribution in [0.15, 0.2) is 4.52 Å². The summed E-state index contributed by atoms with van der Waals surface area (Å²) in [6, 6.07) is 0. The molecule has 0 amide bonds. The minimum atomic E-state index is -0.562. The van der Waals surface area contributed by atoms with Crippen LogP contribution in [0.1, 0.15) is 30.4 Å². The van der Waals surface area contributed by atoms with Crippen LogP contribution >= 0.6 is 0 Å². The number of nitrogens with two attached hydrogens (primary N) is 1. The topological polar surface area (TPSA) is 91.2 Å². The predicted octanol–water partition coefficient (Wildman–Crippen LogP) is 0.384. The van der Waals surface area contributed by atoms with Crippen molar-refractivity contribution in [1.82, 2.24) is 10.1 Å². The van der Waals surface area contributed by atoms with Gasteiger partial charge in [0.15, 0.2) is 0 Å². The summed E-state index contributed by atoms with van der Waals surface area (Å²) in [5.74, 6) is 0.0699. The van der Waals surface area contributed by atoms with Crippen LogP contribution in [0.3, 0.4) is 0 Å². The van der Waals surface area contributed by atoms with Crippen molar-refractivity contribution in [2.75, 3.05) is 13.2 Å². The second kappa shape index (κ2) is 5.45. The van der Waals surface area contributed by atoms with Gasteiger partial charge in [-0.2, -0.15) is 4.98 Å². The summed E-state index contributed by atoms with van der Waals surface area (Å²) in [6.45, 7) is 4.52. The second-order valence-electron chi connectivity index (χ2n) is 3.28. The Morgan fingerprint density at radius 1 is 1.67 bits per heavy atom. The Morgan fingerprint density at radius 3 is 3.00 bits per heavy atom. The van der Waals surface area contributed by atoms with Gasteiger partial charge < -0.3 is 15.0 Å². The van der Waals surface area contributed by atoms with E-state index in [0.29, 0.717) is 25.5 Å². The van der Waals surface area contributed by atoms with E-state index in [1.165, 1.54) is 0 Å². The molecule has 1 rings (SSSR count). The van der Waals surface area contributed by atoms with Gasteiger partial charge in [0, 0.05) is 6.42 Å². The van der Waals surface area contributed by atoms with Gasteiger partial charge in [-0.1, -0.05) is 6.92 Å². The lowest BCUT2D eigenvalue weighted by atomic mass is 10.1. The van der Waals surface area contributed by atoms with Crippen molar-refractivity contribution in [2.45, 2.75) is 20.3 Å². The summed E-state index contributed by atoms with van der Waals surface area (Å²) < 4.78 is 9.61. The zero-order valence-corrected chi connectivity index (χ0v) is 8.90. The Hall–Kier alpha value is -1.43. The number of hydrogen-bond donors (Lipinski definition) is 1. The number of rotatable bonds is 5. The maximum absolute atomic E-state index is 11.2. The highest BCUT2D eigenvalue weighted by Crippen LogP contribution is 2.05. The first kappa shape index (κ1) is 11.6. The molecule has 0 aliphatic heterocycles. The number of ether oxygens (including phenoxy) is 1. The van der Waals surface area contributed by atoms with Crippen molar-refractivity contribution in [3.63, 3.8) is 0 Å². The van der Waals surface area contributed by atoms with Crippen LogP contribution in [0.5, 0.6) is 0 Å². The first-order chi connectivity index (χ1) is 7.17. The zero-order chi connectivity index (χ0) is 11.3. The number of aromatic nitrogens is 2. The Balaban J connectivity index is 2.59. The fourth-order valence-corrected chi connectivity index (χ4v) is 0.998. The molecule has 6 heteroatoms. The molecular weight excluding hydrogens is 198 g/mol. The van der Waals surface area contributed by atoms with E-state index in [4.69, 9.17) is 15.0 Å². The van der Waals surface area contributed by atoms with E-state index in [9.17, 15) is 4.79 Å². The average molecular weight is 213 g/mol. The highest BCUT2D eigenvalue weighted by atomic mass is 16.5. The van der Waals surface area contributed by atoms with Gasteiger partial charge in [0.2, 0.25) is 5.89 Å². The number of esters is 1. The molecule has 0 fully saturated rings. The molecule has 0 saturated carbocycles. The fraction of sp³-hybridized carbons (Fsp3) is 0.667. The normalized spacial score (nSPS) is 12.5. The fourth-order valence-electron chi connectivity index (χ4n) is 0.998. The second-order valence-corrected chi connectivity index (χ2v) is 3.28. The average Bonchev–Trinajstić information content (AvgIpc) is 2.66. The molecule has 0 saturated heterocycles. The summed E-state index contributed by atoms with van der Waals surface area (Å²) in [6.07, 6.45) is 0.572. The molecule has 0 aromatic carbocycles. The number of carbonyl (C=O) groups excluding carboxylic acids is 1. The zero-order valence-electron chi connectivity index (χ0n) is 8.90. The molecule has 0 radical (unpaired) electrons. The van der Waals surface area contributed by atoms with E-state index < -0.39 is 5.97 Å². The van der Waals surface area contributed by atoms with Gasteiger partial charge in [0.25, 0.3) is 5.82 Å². The molecule has 1 aromatic heterocycles. The SMILES string of the molecule is CCOC(=O)c1noc(CC(C)CN)n1. The van der Waals surface area contributed by atoms with Crippen molar-refractivity contribution in [2.24, 2.45) is 11.7 Å². The van der Waals surface area contributed by atoms with Crippen LogP contribution in [0.4, 0.5) is 0 Å². The third kappa shape index (κ3) is 3.32. The van der Waals surface area contributed by atoms with Crippen molar-refractivity contribution in [1.29, 1.82) is 0 Å². The minimum Gasteiger partial charge on any atom is -0.460 e. The molecule has 6 nitrogen and oxygen atoms in total. The van der Waals surface area contributed by atoms with Gasteiger partial charge in [-0.3, -0.25) is 0 Å². The summed E-state index contributed by atoms with van der Waals surface area (Å²) in [7, 11) is 0.